The summed E-state index contributed by atoms with van der Waals surface area (Å²) in [4.78, 5) is 35.0. The van der Waals surface area contributed by atoms with Gasteiger partial charge in [0.25, 0.3) is 5.91 Å². The average molecular weight is 672 g/mol. The number of aliphatic carboxylic acids is 1. The summed E-state index contributed by atoms with van der Waals surface area (Å²) in [6, 6.07) is 12.0. The summed E-state index contributed by atoms with van der Waals surface area (Å²) in [5, 5.41) is 12.3. The first kappa shape index (κ1) is 35.6. The summed E-state index contributed by atoms with van der Waals surface area (Å²) in [7, 11) is 4.07. The second-order valence-corrected chi connectivity index (χ2v) is 12.4. The van der Waals surface area contributed by atoms with Crippen LogP contribution in [0, 0.1) is 12.8 Å². The van der Waals surface area contributed by atoms with Crippen molar-refractivity contribution < 1.29 is 32.7 Å². The van der Waals surface area contributed by atoms with E-state index in [1.807, 2.05) is 36.6 Å². The number of carboxylic acid groups (broad SMARTS) is 1. The number of nitrogens with zero attached hydrogens (tertiary/aromatic N) is 5. The van der Waals surface area contributed by atoms with Gasteiger partial charge in [-0.15, -0.1) is 12.4 Å². The molecular formula is C34H42ClF2N6O4+. The molecule has 0 atom stereocenters. The quantitative estimate of drug-likeness (QED) is 0.153. The predicted octanol–water partition coefficient (Wildman–Crippen LogP) is 6.66. The molecule has 2 aromatic carbocycles. The van der Waals surface area contributed by atoms with Crippen LogP contribution in [0.1, 0.15) is 48.0 Å². The minimum absolute atomic E-state index is 0. The summed E-state index contributed by atoms with van der Waals surface area (Å²) >= 11 is 0. The molecule has 1 amide bonds. The molecule has 2 N–H and O–H groups in total. The maximum atomic E-state index is 13.4. The van der Waals surface area contributed by atoms with E-state index in [0.717, 1.165) is 65.9 Å². The Labute approximate surface area is 279 Å². The molecule has 0 radical (unpaired) electrons. The highest BCUT2D eigenvalue weighted by atomic mass is 35.5. The number of amides is 1. The van der Waals surface area contributed by atoms with Gasteiger partial charge < -0.3 is 24.5 Å². The molecule has 0 spiro atoms. The number of quaternary nitrogens is 1. The SMILES string of the molecule is Cc1cc(Nc2nccn3c(-c4ccc(OC(F)F)cc4)cnc23)ccc1C(=O)N(C)CCC1CC[N+](C)(CCCC(=O)O)CC1.Cl. The molecule has 1 fully saturated rings. The van der Waals surface area contributed by atoms with Crippen molar-refractivity contribution in [1.29, 1.82) is 0 Å². The van der Waals surface area contributed by atoms with Crippen LogP contribution in [0.3, 0.4) is 0 Å². The zero-order chi connectivity index (χ0) is 32.8. The van der Waals surface area contributed by atoms with E-state index < -0.39 is 12.6 Å². The number of fused-ring (bicyclic) bond motifs is 1. The normalized spacial score (nSPS) is 17.7. The summed E-state index contributed by atoms with van der Waals surface area (Å²) in [6.45, 7) is 2.70. The number of hydrogen-bond donors (Lipinski definition) is 2. The van der Waals surface area contributed by atoms with E-state index in [-0.39, 0.29) is 30.5 Å². The third-order valence-corrected chi connectivity index (χ3v) is 8.99. The Hall–Kier alpha value is -4.29. The standard InChI is InChI=1S/C34H40F2N6O4.ClH/c1-23-21-26(39-31-32-38-22-29(41(32)17-15-37-31)25-6-9-27(10-7-25)46-34(35)36)8-11-28(23)33(45)40(2)16-12-24-13-19-42(3,20-14-24)18-4-5-30(43)44;/h6-11,15,17,21-22,24,34H,4-5,12-14,16,18-20H2,1-3H3,(H-,37,39,43,44,45);1H/p+1. The van der Waals surface area contributed by atoms with Gasteiger partial charge in [-0.25, -0.2) is 9.97 Å². The monoisotopic (exact) mass is 671 g/mol. The van der Waals surface area contributed by atoms with Crippen LogP contribution in [-0.4, -0.2) is 87.6 Å². The maximum Gasteiger partial charge on any atom is 0.387 e. The van der Waals surface area contributed by atoms with Crippen molar-refractivity contribution in [3.63, 3.8) is 0 Å². The van der Waals surface area contributed by atoms with Crippen molar-refractivity contribution in [3.8, 4) is 17.0 Å². The minimum atomic E-state index is -2.88. The molecule has 13 heteroatoms. The summed E-state index contributed by atoms with van der Waals surface area (Å²) in [5.74, 6) is 0.427. The number of anilines is 2. The Balaban J connectivity index is 0.00000500. The van der Waals surface area contributed by atoms with Gasteiger partial charge in [-0.1, -0.05) is 0 Å². The number of carboxylic acids is 1. The lowest BCUT2D eigenvalue weighted by Crippen LogP contribution is -2.50. The number of piperidine rings is 1. The number of halogens is 3. The van der Waals surface area contributed by atoms with Crippen LogP contribution >= 0.6 is 12.4 Å². The number of likely N-dealkylation sites (tertiary alicyclic amines) is 1. The van der Waals surface area contributed by atoms with E-state index >= 15 is 0 Å². The molecule has 0 saturated carbocycles. The lowest BCUT2D eigenvalue weighted by Gasteiger charge is -2.41. The number of carbonyl (C=O) groups is 2. The molecule has 47 heavy (non-hydrogen) atoms. The van der Waals surface area contributed by atoms with E-state index in [1.54, 1.807) is 35.6 Å². The van der Waals surface area contributed by atoms with Crippen molar-refractivity contribution in [2.45, 2.75) is 45.6 Å². The molecule has 1 saturated heterocycles. The zero-order valence-corrected chi connectivity index (χ0v) is 27.7. The first-order valence-electron chi connectivity index (χ1n) is 15.6. The summed E-state index contributed by atoms with van der Waals surface area (Å²) in [5.41, 5.74) is 4.39. The second-order valence-electron chi connectivity index (χ2n) is 12.4. The molecule has 4 aromatic rings. The number of benzene rings is 2. The molecule has 1 aliphatic heterocycles. The number of alkyl halides is 2. The molecule has 0 bridgehead atoms. The van der Waals surface area contributed by atoms with Crippen LogP contribution in [-0.2, 0) is 4.79 Å². The van der Waals surface area contributed by atoms with E-state index in [9.17, 15) is 18.4 Å². The van der Waals surface area contributed by atoms with Gasteiger partial charge in [0.1, 0.15) is 5.75 Å². The van der Waals surface area contributed by atoms with E-state index in [4.69, 9.17) is 5.11 Å². The van der Waals surface area contributed by atoms with Gasteiger partial charge in [-0.3, -0.25) is 14.0 Å². The molecule has 1 aliphatic rings. The minimum Gasteiger partial charge on any atom is -0.481 e. The predicted molar refractivity (Wildman–Crippen MR) is 179 cm³/mol. The molecule has 252 valence electrons. The van der Waals surface area contributed by atoms with Gasteiger partial charge in [0.2, 0.25) is 0 Å². The zero-order valence-electron chi connectivity index (χ0n) is 26.9. The second kappa shape index (κ2) is 15.5. The van der Waals surface area contributed by atoms with Gasteiger partial charge >= 0.3 is 12.6 Å². The summed E-state index contributed by atoms with van der Waals surface area (Å²) in [6.07, 6.45) is 9.19. The third kappa shape index (κ3) is 8.95. The molecule has 2 aromatic heterocycles. The van der Waals surface area contributed by atoms with Crippen LogP contribution in [0.25, 0.3) is 16.9 Å². The van der Waals surface area contributed by atoms with E-state index in [1.165, 1.54) is 12.1 Å². The van der Waals surface area contributed by atoms with E-state index in [2.05, 4.69) is 27.1 Å². The number of hydrogen-bond acceptors (Lipinski definition) is 6. The fourth-order valence-electron chi connectivity index (χ4n) is 6.20. The van der Waals surface area contributed by atoms with Crippen molar-refractivity contribution >= 4 is 41.4 Å². The summed E-state index contributed by atoms with van der Waals surface area (Å²) < 4.78 is 32.3. The molecular weight excluding hydrogens is 630 g/mol. The number of rotatable bonds is 13. The molecule has 5 rings (SSSR count). The number of aryl methyl sites for hydroxylation is 1. The third-order valence-electron chi connectivity index (χ3n) is 8.99. The van der Waals surface area contributed by atoms with Crippen molar-refractivity contribution in [2.24, 2.45) is 5.92 Å². The number of imidazole rings is 1. The lowest BCUT2D eigenvalue weighted by molar-refractivity contribution is -0.915. The van der Waals surface area contributed by atoms with Crippen LogP contribution in [0.5, 0.6) is 5.75 Å². The number of carbonyl (C=O) groups excluding carboxylic acids is 1. The average Bonchev–Trinajstić information content (AvgIpc) is 3.46. The molecule has 0 unspecified atom stereocenters. The van der Waals surface area contributed by atoms with Gasteiger partial charge in [0.05, 0.1) is 45.0 Å². The van der Waals surface area contributed by atoms with Crippen LogP contribution < -0.4 is 10.1 Å². The Bertz CT molecular complexity index is 1680. The van der Waals surface area contributed by atoms with Gasteiger partial charge in [0.15, 0.2) is 11.5 Å². The first-order chi connectivity index (χ1) is 22.0. The number of nitrogens with one attached hydrogen (secondary N) is 1. The molecule has 3 heterocycles. The maximum absolute atomic E-state index is 13.4. The Kier molecular flexibility index (Phi) is 11.8. The highest BCUT2D eigenvalue weighted by Crippen LogP contribution is 2.29. The van der Waals surface area contributed by atoms with Gasteiger partial charge in [0, 0.05) is 49.2 Å². The van der Waals surface area contributed by atoms with Crippen molar-refractivity contribution in [3.05, 3.63) is 72.2 Å². The van der Waals surface area contributed by atoms with Crippen molar-refractivity contribution in [1.82, 2.24) is 19.3 Å². The Morgan fingerprint density at radius 2 is 1.87 bits per heavy atom. The fourth-order valence-corrected chi connectivity index (χ4v) is 6.20. The highest BCUT2D eigenvalue weighted by Gasteiger charge is 2.30. The van der Waals surface area contributed by atoms with E-state index in [0.29, 0.717) is 35.9 Å². The highest BCUT2D eigenvalue weighted by molar-refractivity contribution is 5.96. The Morgan fingerprint density at radius 1 is 1.15 bits per heavy atom. The topological polar surface area (TPSA) is 109 Å². The molecule has 10 nitrogen and oxygen atoms in total. The Morgan fingerprint density at radius 3 is 2.53 bits per heavy atom. The van der Waals surface area contributed by atoms with Crippen LogP contribution in [0.2, 0.25) is 0 Å². The van der Waals surface area contributed by atoms with Gasteiger partial charge in [-0.05, 0) is 80.1 Å². The molecule has 0 aliphatic carbocycles. The van der Waals surface area contributed by atoms with Crippen molar-refractivity contribution in [2.75, 3.05) is 45.6 Å². The largest absolute Gasteiger partial charge is 0.481 e. The fraction of sp³-hybridized carbons (Fsp3) is 0.412. The number of ether oxygens (including phenoxy) is 1. The van der Waals surface area contributed by atoms with Crippen LogP contribution in [0.15, 0.2) is 61.1 Å². The smallest absolute Gasteiger partial charge is 0.387 e. The van der Waals surface area contributed by atoms with Crippen LogP contribution in [0.4, 0.5) is 20.3 Å². The first-order valence-corrected chi connectivity index (χ1v) is 15.6. The van der Waals surface area contributed by atoms with Gasteiger partial charge in [-0.2, -0.15) is 8.78 Å². The lowest BCUT2D eigenvalue weighted by atomic mass is 9.91. The number of aromatic nitrogens is 3.